The molecule has 4 nitrogen and oxygen atoms in total. The summed E-state index contributed by atoms with van der Waals surface area (Å²) in [6.07, 6.45) is 1.68. The fourth-order valence-electron chi connectivity index (χ4n) is 1.93. The number of phenols is 1. The van der Waals surface area contributed by atoms with Crippen molar-refractivity contribution in [1.82, 2.24) is 5.32 Å². The highest BCUT2D eigenvalue weighted by atomic mass is 35.5. The number of hydrogen-bond donors (Lipinski definition) is 2. The molecule has 7 heteroatoms. The lowest BCUT2D eigenvalue weighted by molar-refractivity contribution is -0.115. The van der Waals surface area contributed by atoms with Crippen molar-refractivity contribution in [2.45, 2.75) is 0 Å². The van der Waals surface area contributed by atoms with Gasteiger partial charge in [0, 0.05) is 5.02 Å². The number of amidine groups is 1. The Morgan fingerprint density at radius 3 is 2.78 bits per heavy atom. The highest BCUT2D eigenvalue weighted by Gasteiger charge is 2.24. The molecule has 2 N–H and O–H groups in total. The molecule has 0 saturated carbocycles. The first-order chi connectivity index (χ1) is 11.0. The molecule has 1 saturated heterocycles. The van der Waals surface area contributed by atoms with E-state index in [0.29, 0.717) is 25.8 Å². The number of aliphatic imine (C=N–C) groups is 1. The smallest absolute Gasteiger partial charge is 0.264 e. The molecular formula is C16H10Cl2N2O2S. The second-order valence-corrected chi connectivity index (χ2v) is 6.55. The van der Waals surface area contributed by atoms with E-state index in [4.69, 9.17) is 23.2 Å². The Hall–Kier alpha value is -1.95. The van der Waals surface area contributed by atoms with Crippen LogP contribution in [0.15, 0.2) is 52.4 Å². The van der Waals surface area contributed by atoms with Gasteiger partial charge in [0.15, 0.2) is 5.17 Å². The Labute approximate surface area is 146 Å². The molecule has 1 fully saturated rings. The van der Waals surface area contributed by atoms with Crippen LogP contribution in [-0.4, -0.2) is 16.2 Å². The number of hydrogen-bond acceptors (Lipinski definition) is 4. The van der Waals surface area contributed by atoms with Crippen LogP contribution in [0.1, 0.15) is 5.56 Å². The molecule has 3 rings (SSSR count). The molecule has 0 radical (unpaired) electrons. The predicted octanol–water partition coefficient (Wildman–Crippen LogP) is 4.59. The van der Waals surface area contributed by atoms with Crippen molar-refractivity contribution in [1.29, 1.82) is 0 Å². The van der Waals surface area contributed by atoms with Crippen molar-refractivity contribution < 1.29 is 9.90 Å². The van der Waals surface area contributed by atoms with Gasteiger partial charge in [0.25, 0.3) is 5.91 Å². The summed E-state index contributed by atoms with van der Waals surface area (Å²) in [7, 11) is 0. The van der Waals surface area contributed by atoms with Gasteiger partial charge in [-0.3, -0.25) is 4.79 Å². The molecule has 1 heterocycles. The van der Waals surface area contributed by atoms with Crippen LogP contribution < -0.4 is 5.32 Å². The van der Waals surface area contributed by atoms with Crippen LogP contribution in [0.25, 0.3) is 6.08 Å². The van der Waals surface area contributed by atoms with Gasteiger partial charge >= 0.3 is 0 Å². The molecule has 116 valence electrons. The standard InChI is InChI=1S/C16H10Cl2N2O2S/c17-10-4-5-12(18)13(8-10)19-16-20-15(22)14(23-16)7-9-2-1-3-11(21)6-9/h1-8,21H,(H,19,20,22)/b14-7+. The van der Waals surface area contributed by atoms with Crippen LogP contribution in [-0.2, 0) is 4.79 Å². The molecule has 0 spiro atoms. The number of rotatable bonds is 2. The summed E-state index contributed by atoms with van der Waals surface area (Å²) >= 11 is 13.2. The quantitative estimate of drug-likeness (QED) is 0.766. The lowest BCUT2D eigenvalue weighted by atomic mass is 10.2. The van der Waals surface area contributed by atoms with Gasteiger partial charge in [0.1, 0.15) is 5.75 Å². The van der Waals surface area contributed by atoms with Gasteiger partial charge in [-0.2, -0.15) is 0 Å². The summed E-state index contributed by atoms with van der Waals surface area (Å²) in [6, 6.07) is 11.6. The van der Waals surface area contributed by atoms with E-state index in [2.05, 4.69) is 10.3 Å². The van der Waals surface area contributed by atoms with Gasteiger partial charge in [0.05, 0.1) is 15.6 Å². The molecule has 1 aliphatic heterocycles. The predicted molar refractivity (Wildman–Crippen MR) is 95.4 cm³/mol. The number of halogens is 2. The van der Waals surface area contributed by atoms with E-state index in [9.17, 15) is 9.90 Å². The monoisotopic (exact) mass is 364 g/mol. The number of amides is 1. The van der Waals surface area contributed by atoms with E-state index < -0.39 is 0 Å². The van der Waals surface area contributed by atoms with Crippen LogP contribution in [0, 0.1) is 0 Å². The van der Waals surface area contributed by atoms with Crippen LogP contribution >= 0.6 is 35.0 Å². The maximum absolute atomic E-state index is 12.0. The molecule has 0 bridgehead atoms. The molecule has 23 heavy (non-hydrogen) atoms. The highest BCUT2D eigenvalue weighted by molar-refractivity contribution is 8.18. The molecule has 1 aliphatic rings. The maximum Gasteiger partial charge on any atom is 0.264 e. The summed E-state index contributed by atoms with van der Waals surface area (Å²) in [5, 5.41) is 13.5. The summed E-state index contributed by atoms with van der Waals surface area (Å²) in [4.78, 5) is 16.8. The Morgan fingerprint density at radius 1 is 1.17 bits per heavy atom. The SMILES string of the molecule is O=C1NC(=Nc2cc(Cl)ccc2Cl)S/C1=C/c1cccc(O)c1. The van der Waals surface area contributed by atoms with Crippen LogP contribution in [0.3, 0.4) is 0 Å². The van der Waals surface area contributed by atoms with Gasteiger partial charge < -0.3 is 10.4 Å². The molecule has 0 atom stereocenters. The van der Waals surface area contributed by atoms with Crippen molar-refractivity contribution in [2.24, 2.45) is 4.99 Å². The van der Waals surface area contributed by atoms with E-state index in [-0.39, 0.29) is 11.7 Å². The minimum atomic E-state index is -0.254. The molecule has 0 aliphatic carbocycles. The third-order valence-corrected chi connectivity index (χ3v) is 4.41. The minimum Gasteiger partial charge on any atom is -0.508 e. The number of benzene rings is 2. The molecule has 2 aromatic rings. The van der Waals surface area contributed by atoms with E-state index >= 15 is 0 Å². The molecule has 0 aromatic heterocycles. The molecule has 1 amide bonds. The number of phenolic OH excluding ortho intramolecular Hbond substituents is 1. The third kappa shape index (κ3) is 3.88. The zero-order valence-corrected chi connectivity index (χ0v) is 13.9. The molecule has 2 aromatic carbocycles. The van der Waals surface area contributed by atoms with Crippen molar-refractivity contribution in [3.63, 3.8) is 0 Å². The van der Waals surface area contributed by atoms with Crippen molar-refractivity contribution >= 4 is 57.8 Å². The van der Waals surface area contributed by atoms with Gasteiger partial charge in [-0.1, -0.05) is 35.3 Å². The first kappa shape index (κ1) is 15.9. The number of nitrogens with one attached hydrogen (secondary N) is 1. The van der Waals surface area contributed by atoms with Crippen LogP contribution in [0.5, 0.6) is 5.75 Å². The first-order valence-electron chi connectivity index (χ1n) is 6.55. The average Bonchev–Trinajstić information content (AvgIpc) is 2.83. The fourth-order valence-corrected chi connectivity index (χ4v) is 3.09. The van der Waals surface area contributed by atoms with Crippen molar-refractivity contribution in [3.05, 3.63) is 63.0 Å². The zero-order valence-electron chi connectivity index (χ0n) is 11.6. The van der Waals surface area contributed by atoms with Gasteiger partial charge in [-0.25, -0.2) is 4.99 Å². The summed E-state index contributed by atoms with van der Waals surface area (Å²) in [5.41, 5.74) is 1.21. The summed E-state index contributed by atoms with van der Waals surface area (Å²) in [5.74, 6) is -0.113. The van der Waals surface area contributed by atoms with E-state index in [1.165, 1.54) is 11.8 Å². The number of nitrogens with zero attached hydrogens (tertiary/aromatic N) is 1. The van der Waals surface area contributed by atoms with E-state index in [0.717, 1.165) is 5.56 Å². The topological polar surface area (TPSA) is 61.7 Å². The Bertz CT molecular complexity index is 850. The van der Waals surface area contributed by atoms with E-state index in [1.807, 2.05) is 0 Å². The Balaban J connectivity index is 1.87. The number of thioether (sulfide) groups is 1. The normalized spacial score (nSPS) is 17.7. The third-order valence-electron chi connectivity index (χ3n) is 2.95. The lowest BCUT2D eigenvalue weighted by Crippen LogP contribution is -2.19. The van der Waals surface area contributed by atoms with E-state index in [1.54, 1.807) is 48.5 Å². The average molecular weight is 365 g/mol. The number of carbonyl (C=O) groups is 1. The minimum absolute atomic E-state index is 0.141. The molecule has 0 unspecified atom stereocenters. The summed E-state index contributed by atoms with van der Waals surface area (Å²) < 4.78 is 0. The van der Waals surface area contributed by atoms with Crippen molar-refractivity contribution in [3.8, 4) is 5.75 Å². The largest absolute Gasteiger partial charge is 0.508 e. The zero-order chi connectivity index (χ0) is 16.4. The number of aromatic hydroxyl groups is 1. The van der Waals surface area contributed by atoms with Gasteiger partial charge in [-0.15, -0.1) is 0 Å². The van der Waals surface area contributed by atoms with Crippen LogP contribution in [0.4, 0.5) is 5.69 Å². The molecular weight excluding hydrogens is 355 g/mol. The lowest BCUT2D eigenvalue weighted by Gasteiger charge is -2.00. The maximum atomic E-state index is 12.0. The second-order valence-electron chi connectivity index (χ2n) is 4.67. The first-order valence-corrected chi connectivity index (χ1v) is 8.12. The number of carbonyl (C=O) groups excluding carboxylic acids is 1. The Morgan fingerprint density at radius 2 is 2.00 bits per heavy atom. The Kier molecular flexibility index (Phi) is 4.61. The fraction of sp³-hybridized carbons (Fsp3) is 0. The summed E-state index contributed by atoms with van der Waals surface area (Å²) in [6.45, 7) is 0. The van der Waals surface area contributed by atoms with Crippen molar-refractivity contribution in [2.75, 3.05) is 0 Å². The second kappa shape index (κ2) is 6.66. The van der Waals surface area contributed by atoms with Crippen LogP contribution in [0.2, 0.25) is 10.0 Å². The van der Waals surface area contributed by atoms with Gasteiger partial charge in [-0.05, 0) is 53.7 Å². The van der Waals surface area contributed by atoms with Gasteiger partial charge in [0.2, 0.25) is 0 Å². The highest BCUT2D eigenvalue weighted by Crippen LogP contribution is 2.32.